The predicted octanol–water partition coefficient (Wildman–Crippen LogP) is 2.79. The smallest absolute Gasteiger partial charge is 0.251 e. The van der Waals surface area contributed by atoms with Gasteiger partial charge in [0.15, 0.2) is 5.13 Å². The monoisotopic (exact) mass is 359 g/mol. The Labute approximate surface area is 147 Å². The van der Waals surface area contributed by atoms with Crippen LogP contribution < -0.4 is 10.2 Å². The highest BCUT2D eigenvalue weighted by molar-refractivity contribution is 7.13. The summed E-state index contributed by atoms with van der Waals surface area (Å²) in [4.78, 5) is 19.1. The van der Waals surface area contributed by atoms with E-state index in [0.717, 1.165) is 42.1 Å². The summed E-state index contributed by atoms with van der Waals surface area (Å²) in [5.74, 6) is 0.410. The largest absolute Gasteiger partial charge is 0.352 e. The van der Waals surface area contributed by atoms with Crippen LogP contribution in [0, 0.1) is 5.92 Å². The first-order valence-electron chi connectivity index (χ1n) is 7.94. The maximum Gasteiger partial charge on any atom is 0.251 e. The third kappa shape index (κ3) is 3.25. The molecule has 0 saturated carbocycles. The van der Waals surface area contributed by atoms with Gasteiger partial charge in [0, 0.05) is 36.8 Å². The van der Waals surface area contributed by atoms with E-state index in [9.17, 15) is 4.79 Å². The Morgan fingerprint density at radius 1 is 1.33 bits per heavy atom. The van der Waals surface area contributed by atoms with Crippen molar-refractivity contribution in [3.8, 4) is 0 Å². The fourth-order valence-electron chi connectivity index (χ4n) is 3.04. The summed E-state index contributed by atoms with van der Waals surface area (Å²) in [7, 11) is 0. The molecule has 1 N–H and O–H groups in total. The average molecular weight is 359 g/mol. The van der Waals surface area contributed by atoms with Crippen molar-refractivity contribution < 1.29 is 4.79 Å². The van der Waals surface area contributed by atoms with Gasteiger partial charge in [0.1, 0.15) is 11.0 Å². The van der Waals surface area contributed by atoms with E-state index in [4.69, 9.17) is 0 Å². The Balaban J connectivity index is 1.36. The summed E-state index contributed by atoms with van der Waals surface area (Å²) >= 11 is 2.84. The number of piperidine rings is 1. The fraction of sp³-hybridized carbons (Fsp3) is 0.375. The van der Waals surface area contributed by atoms with Crippen molar-refractivity contribution in [3.63, 3.8) is 0 Å². The molecule has 0 bridgehead atoms. The Morgan fingerprint density at radius 3 is 3.12 bits per heavy atom. The van der Waals surface area contributed by atoms with Gasteiger partial charge in [0.25, 0.3) is 5.91 Å². The van der Waals surface area contributed by atoms with Crippen LogP contribution in [0.4, 0.5) is 5.13 Å². The second-order valence-corrected chi connectivity index (χ2v) is 7.35. The lowest BCUT2D eigenvalue weighted by atomic mass is 9.98. The molecule has 1 saturated heterocycles. The molecule has 1 aliphatic heterocycles. The van der Waals surface area contributed by atoms with Gasteiger partial charge in [-0.15, -0.1) is 11.3 Å². The number of fused-ring (bicyclic) bond motifs is 1. The molecule has 24 heavy (non-hydrogen) atoms. The lowest BCUT2D eigenvalue weighted by Crippen LogP contribution is -2.41. The van der Waals surface area contributed by atoms with Crippen molar-refractivity contribution in [2.45, 2.75) is 12.8 Å². The average Bonchev–Trinajstić information content (AvgIpc) is 3.30. The second-order valence-electron chi connectivity index (χ2n) is 5.95. The fourth-order valence-corrected chi connectivity index (χ4v) is 4.24. The highest BCUT2D eigenvalue weighted by Gasteiger charge is 2.22. The molecule has 0 aliphatic carbocycles. The van der Waals surface area contributed by atoms with Crippen LogP contribution in [0.5, 0.6) is 0 Å². The number of nitrogens with zero attached hydrogens (tertiary/aromatic N) is 4. The quantitative estimate of drug-likeness (QED) is 0.776. The molecule has 3 aromatic rings. The molecule has 8 heteroatoms. The van der Waals surface area contributed by atoms with E-state index >= 15 is 0 Å². The molecule has 3 heterocycles. The third-order valence-electron chi connectivity index (χ3n) is 4.28. The molecule has 1 fully saturated rings. The van der Waals surface area contributed by atoms with Gasteiger partial charge in [0.2, 0.25) is 0 Å². The molecule has 1 aromatic carbocycles. The van der Waals surface area contributed by atoms with Crippen LogP contribution in [0.3, 0.4) is 0 Å². The summed E-state index contributed by atoms with van der Waals surface area (Å²) < 4.78 is 8.35. The molecule has 1 atom stereocenters. The summed E-state index contributed by atoms with van der Waals surface area (Å²) in [6, 6.07) is 5.46. The zero-order valence-electron chi connectivity index (χ0n) is 13.0. The minimum atomic E-state index is -0.0451. The maximum atomic E-state index is 12.4. The molecule has 0 spiro atoms. The number of amides is 1. The third-order valence-corrected chi connectivity index (χ3v) is 5.66. The Morgan fingerprint density at radius 2 is 2.25 bits per heavy atom. The van der Waals surface area contributed by atoms with Crippen LogP contribution in [0.25, 0.3) is 11.0 Å². The normalized spacial score (nSPS) is 18.0. The number of thiazole rings is 1. The van der Waals surface area contributed by atoms with Crippen molar-refractivity contribution in [2.75, 3.05) is 24.5 Å². The number of benzene rings is 1. The predicted molar refractivity (Wildman–Crippen MR) is 96.8 cm³/mol. The van der Waals surface area contributed by atoms with Crippen molar-refractivity contribution >= 4 is 45.1 Å². The van der Waals surface area contributed by atoms with Gasteiger partial charge < -0.3 is 10.2 Å². The first-order chi connectivity index (χ1) is 11.8. The van der Waals surface area contributed by atoms with Gasteiger partial charge in [-0.25, -0.2) is 4.98 Å². The van der Waals surface area contributed by atoms with E-state index in [0.29, 0.717) is 18.0 Å². The number of rotatable bonds is 4. The molecule has 4 rings (SSSR count). The molecule has 1 aliphatic rings. The Hall–Kier alpha value is -2.06. The van der Waals surface area contributed by atoms with Crippen molar-refractivity contribution in [2.24, 2.45) is 5.92 Å². The number of nitrogens with one attached hydrogen (secondary N) is 1. The van der Waals surface area contributed by atoms with Gasteiger partial charge in [-0.2, -0.15) is 8.75 Å². The van der Waals surface area contributed by atoms with E-state index in [-0.39, 0.29) is 5.91 Å². The molecule has 2 aromatic heterocycles. The van der Waals surface area contributed by atoms with Crippen LogP contribution in [-0.2, 0) is 0 Å². The van der Waals surface area contributed by atoms with E-state index in [1.165, 1.54) is 11.7 Å². The first-order valence-corrected chi connectivity index (χ1v) is 9.55. The highest BCUT2D eigenvalue weighted by Crippen LogP contribution is 2.24. The minimum absolute atomic E-state index is 0.0451. The van der Waals surface area contributed by atoms with Crippen LogP contribution >= 0.6 is 23.1 Å². The molecule has 1 unspecified atom stereocenters. The molecular formula is C16H17N5OS2. The summed E-state index contributed by atoms with van der Waals surface area (Å²) in [6.45, 7) is 2.68. The van der Waals surface area contributed by atoms with Crippen LogP contribution in [0.15, 0.2) is 29.8 Å². The molecular weight excluding hydrogens is 342 g/mol. The number of hydrogen-bond acceptors (Lipinski definition) is 7. The molecule has 0 radical (unpaired) electrons. The Bertz CT molecular complexity index is 832. The van der Waals surface area contributed by atoms with Crippen molar-refractivity contribution in [1.29, 1.82) is 0 Å². The Kier molecular flexibility index (Phi) is 4.40. The van der Waals surface area contributed by atoms with Gasteiger partial charge in [-0.1, -0.05) is 0 Å². The van der Waals surface area contributed by atoms with Gasteiger partial charge in [-0.05, 0) is 37.0 Å². The van der Waals surface area contributed by atoms with Crippen molar-refractivity contribution in [3.05, 3.63) is 35.3 Å². The topological polar surface area (TPSA) is 71.0 Å². The minimum Gasteiger partial charge on any atom is -0.352 e. The number of carbonyl (C=O) groups excluding carboxylic acids is 1. The lowest BCUT2D eigenvalue weighted by Gasteiger charge is -2.32. The van der Waals surface area contributed by atoms with Gasteiger partial charge in [0.05, 0.1) is 11.7 Å². The van der Waals surface area contributed by atoms with E-state index in [2.05, 4.69) is 23.9 Å². The van der Waals surface area contributed by atoms with Crippen molar-refractivity contribution in [1.82, 2.24) is 19.0 Å². The first kappa shape index (κ1) is 15.5. The van der Waals surface area contributed by atoms with E-state index in [1.807, 2.05) is 23.7 Å². The summed E-state index contributed by atoms with van der Waals surface area (Å²) in [5, 5.41) is 6.14. The number of aromatic nitrogens is 3. The number of carbonyl (C=O) groups is 1. The van der Waals surface area contributed by atoms with Crippen LogP contribution in [-0.4, -0.2) is 39.3 Å². The SMILES string of the molecule is O=C(NCC1CCCN(c2nccs2)C1)c1ccc2nsnc2c1. The second kappa shape index (κ2) is 6.82. The van der Waals surface area contributed by atoms with E-state index < -0.39 is 0 Å². The van der Waals surface area contributed by atoms with E-state index in [1.54, 1.807) is 17.4 Å². The van der Waals surface area contributed by atoms with Gasteiger partial charge >= 0.3 is 0 Å². The number of anilines is 1. The maximum absolute atomic E-state index is 12.4. The summed E-state index contributed by atoms with van der Waals surface area (Å²) in [6.07, 6.45) is 4.11. The standard InChI is InChI=1S/C16H17N5OS2/c22-15(12-3-4-13-14(8-12)20-24-19-13)18-9-11-2-1-6-21(10-11)16-17-5-7-23-16/h3-5,7-8,11H,1-2,6,9-10H2,(H,18,22). The number of hydrogen-bond donors (Lipinski definition) is 1. The molecule has 6 nitrogen and oxygen atoms in total. The van der Waals surface area contributed by atoms with Crippen LogP contribution in [0.2, 0.25) is 0 Å². The van der Waals surface area contributed by atoms with Crippen LogP contribution in [0.1, 0.15) is 23.2 Å². The lowest BCUT2D eigenvalue weighted by molar-refractivity contribution is 0.0946. The zero-order valence-corrected chi connectivity index (χ0v) is 14.6. The zero-order chi connectivity index (χ0) is 16.4. The summed E-state index contributed by atoms with van der Waals surface area (Å²) in [5.41, 5.74) is 2.26. The molecule has 1 amide bonds. The molecule has 124 valence electrons. The highest BCUT2D eigenvalue weighted by atomic mass is 32.1. The van der Waals surface area contributed by atoms with Gasteiger partial charge in [-0.3, -0.25) is 4.79 Å².